The van der Waals surface area contributed by atoms with E-state index in [1.165, 1.54) is 24.3 Å². The third kappa shape index (κ3) is 5.35. The van der Waals surface area contributed by atoms with E-state index in [0.29, 0.717) is 12.1 Å². The fourth-order valence-electron chi connectivity index (χ4n) is 2.42. The summed E-state index contributed by atoms with van der Waals surface area (Å²) in [6, 6.07) is 7.48. The molecule has 2 aromatic rings. The van der Waals surface area contributed by atoms with Gasteiger partial charge >= 0.3 is 18.4 Å². The zero-order valence-electron chi connectivity index (χ0n) is 14.3. The monoisotopic (exact) mass is 432 g/mol. The van der Waals surface area contributed by atoms with E-state index in [1.807, 2.05) is 0 Å². The van der Waals surface area contributed by atoms with Gasteiger partial charge in [-0.1, -0.05) is 41.0 Å². The van der Waals surface area contributed by atoms with E-state index in [4.69, 9.17) is 21.4 Å². The Morgan fingerprint density at radius 1 is 1.28 bits per heavy atom. The van der Waals surface area contributed by atoms with Crippen molar-refractivity contribution in [3.05, 3.63) is 74.3 Å². The standard InChI is InChI=1S/C17H12ClF3N2O6/c18-12-8-10(17(19,20)21)5-6-13(12)29-16(23(27)28)15(22-26)11-4-2-1-3-9(11)7-14(24)25/h1-6,8,16,26H,7H2,(H,24,25). The molecule has 2 N–H and O–H groups in total. The van der Waals surface area contributed by atoms with Crippen LogP contribution in [-0.2, 0) is 17.4 Å². The number of nitro groups is 1. The average Bonchev–Trinajstić information content (AvgIpc) is 2.62. The fraction of sp³-hybridized carbons (Fsp3) is 0.176. The number of alkyl halides is 3. The molecule has 1 atom stereocenters. The molecule has 2 rings (SSSR count). The second-order valence-electron chi connectivity index (χ2n) is 5.61. The van der Waals surface area contributed by atoms with Gasteiger partial charge in [-0.3, -0.25) is 14.9 Å². The molecule has 0 saturated heterocycles. The summed E-state index contributed by atoms with van der Waals surface area (Å²) in [5.74, 6) is -1.70. The van der Waals surface area contributed by atoms with Gasteiger partial charge < -0.3 is 15.1 Å². The molecular formula is C17H12ClF3N2O6. The summed E-state index contributed by atoms with van der Waals surface area (Å²) in [6.07, 6.45) is -7.39. The summed E-state index contributed by atoms with van der Waals surface area (Å²) < 4.78 is 43.3. The van der Waals surface area contributed by atoms with Gasteiger partial charge in [-0.25, -0.2) is 0 Å². The average molecular weight is 433 g/mol. The summed E-state index contributed by atoms with van der Waals surface area (Å²) in [6.45, 7) is 0. The lowest BCUT2D eigenvalue weighted by Crippen LogP contribution is -2.36. The van der Waals surface area contributed by atoms with Crippen molar-refractivity contribution in [1.82, 2.24) is 0 Å². The van der Waals surface area contributed by atoms with Crippen molar-refractivity contribution >= 4 is 23.3 Å². The van der Waals surface area contributed by atoms with Gasteiger partial charge in [0.15, 0.2) is 0 Å². The van der Waals surface area contributed by atoms with Crippen LogP contribution in [0.3, 0.4) is 0 Å². The minimum atomic E-state index is -4.68. The van der Waals surface area contributed by atoms with Gasteiger partial charge in [0, 0.05) is 5.56 Å². The molecule has 0 aliphatic heterocycles. The quantitative estimate of drug-likeness (QED) is 0.225. The van der Waals surface area contributed by atoms with E-state index in [9.17, 15) is 33.3 Å². The number of rotatable bonds is 7. The number of nitrogens with zero attached hydrogens (tertiary/aromatic N) is 2. The van der Waals surface area contributed by atoms with E-state index in [0.717, 1.165) is 6.07 Å². The predicted octanol–water partition coefficient (Wildman–Crippen LogP) is 3.85. The zero-order valence-corrected chi connectivity index (χ0v) is 15.0. The van der Waals surface area contributed by atoms with E-state index in [2.05, 4.69) is 5.16 Å². The first-order valence-electron chi connectivity index (χ1n) is 7.73. The van der Waals surface area contributed by atoms with Crippen LogP contribution in [0.2, 0.25) is 5.02 Å². The molecule has 0 heterocycles. The SMILES string of the molecule is O=C(O)Cc1ccccc1C(=NO)C(Oc1ccc(C(F)(F)F)cc1Cl)[N+](=O)[O-]. The normalized spacial score (nSPS) is 13.0. The Kier molecular flexibility index (Phi) is 6.64. The Hall–Kier alpha value is -3.34. The first-order chi connectivity index (χ1) is 13.5. The summed E-state index contributed by atoms with van der Waals surface area (Å²) in [7, 11) is 0. The van der Waals surface area contributed by atoms with Gasteiger partial charge in [-0.05, 0) is 23.8 Å². The molecule has 0 saturated carbocycles. The molecule has 0 fully saturated rings. The molecule has 0 spiro atoms. The number of benzene rings is 2. The third-order valence-corrected chi connectivity index (χ3v) is 3.96. The molecule has 0 radical (unpaired) electrons. The van der Waals surface area contributed by atoms with Crippen LogP contribution in [0, 0.1) is 10.1 Å². The highest BCUT2D eigenvalue weighted by atomic mass is 35.5. The summed E-state index contributed by atoms with van der Waals surface area (Å²) in [5, 5.41) is 32.1. The second-order valence-corrected chi connectivity index (χ2v) is 6.02. The maximum Gasteiger partial charge on any atom is 0.416 e. The third-order valence-electron chi connectivity index (χ3n) is 3.67. The van der Waals surface area contributed by atoms with Gasteiger partial charge in [-0.2, -0.15) is 13.2 Å². The lowest BCUT2D eigenvalue weighted by Gasteiger charge is -2.16. The van der Waals surface area contributed by atoms with Crippen LogP contribution in [0.5, 0.6) is 5.75 Å². The molecule has 154 valence electrons. The van der Waals surface area contributed by atoms with Crippen molar-refractivity contribution in [3.63, 3.8) is 0 Å². The number of oxime groups is 1. The first kappa shape index (κ1) is 22.0. The second kappa shape index (κ2) is 8.78. The zero-order chi connectivity index (χ0) is 21.8. The summed E-state index contributed by atoms with van der Waals surface area (Å²) in [5.41, 5.74) is -1.72. The van der Waals surface area contributed by atoms with E-state index >= 15 is 0 Å². The molecular weight excluding hydrogens is 421 g/mol. The Morgan fingerprint density at radius 2 is 1.93 bits per heavy atom. The highest BCUT2D eigenvalue weighted by molar-refractivity contribution is 6.32. The topological polar surface area (TPSA) is 122 Å². The fourth-order valence-corrected chi connectivity index (χ4v) is 2.64. The van der Waals surface area contributed by atoms with Crippen LogP contribution in [-0.4, -0.2) is 33.1 Å². The highest BCUT2D eigenvalue weighted by Crippen LogP contribution is 2.35. The number of carbonyl (C=O) groups is 1. The largest absolute Gasteiger partial charge is 0.481 e. The molecule has 0 aromatic heterocycles. The molecule has 0 bridgehead atoms. The minimum Gasteiger partial charge on any atom is -0.481 e. The number of ether oxygens (including phenoxy) is 1. The van der Waals surface area contributed by atoms with Crippen molar-refractivity contribution < 1.29 is 37.9 Å². The van der Waals surface area contributed by atoms with E-state index in [1.54, 1.807) is 0 Å². The number of hydrogen-bond donors (Lipinski definition) is 2. The Balaban J connectivity index is 2.44. The van der Waals surface area contributed by atoms with Crippen molar-refractivity contribution in [2.24, 2.45) is 5.16 Å². The maximum absolute atomic E-state index is 12.7. The Bertz CT molecular complexity index is 964. The molecule has 29 heavy (non-hydrogen) atoms. The van der Waals surface area contributed by atoms with Gasteiger partial charge in [0.25, 0.3) is 0 Å². The number of hydrogen-bond acceptors (Lipinski definition) is 6. The van der Waals surface area contributed by atoms with Crippen molar-refractivity contribution in [2.45, 2.75) is 18.8 Å². The van der Waals surface area contributed by atoms with E-state index in [-0.39, 0.29) is 11.1 Å². The van der Waals surface area contributed by atoms with Gasteiger partial charge in [-0.15, -0.1) is 0 Å². The lowest BCUT2D eigenvalue weighted by atomic mass is 9.99. The van der Waals surface area contributed by atoms with Crippen LogP contribution >= 0.6 is 11.6 Å². The molecule has 12 heteroatoms. The van der Waals surface area contributed by atoms with Crippen molar-refractivity contribution in [2.75, 3.05) is 0 Å². The molecule has 0 aliphatic rings. The number of halogens is 4. The van der Waals surface area contributed by atoms with Crippen molar-refractivity contribution in [1.29, 1.82) is 0 Å². The molecule has 2 aromatic carbocycles. The van der Waals surface area contributed by atoms with E-state index < -0.39 is 51.8 Å². The minimum absolute atomic E-state index is 0.0814. The maximum atomic E-state index is 12.7. The molecule has 0 amide bonds. The smallest absolute Gasteiger partial charge is 0.416 e. The van der Waals surface area contributed by atoms with Gasteiger partial charge in [0.2, 0.25) is 5.71 Å². The van der Waals surface area contributed by atoms with Crippen LogP contribution in [0.15, 0.2) is 47.6 Å². The number of carboxylic acid groups (broad SMARTS) is 1. The van der Waals surface area contributed by atoms with Crippen LogP contribution in [0.1, 0.15) is 16.7 Å². The first-order valence-corrected chi connectivity index (χ1v) is 8.11. The van der Waals surface area contributed by atoms with Gasteiger partial charge in [0.05, 0.1) is 21.9 Å². The Morgan fingerprint density at radius 3 is 2.45 bits per heavy atom. The number of carboxylic acids is 1. The Labute approximate surface area is 165 Å². The summed E-state index contributed by atoms with van der Waals surface area (Å²) >= 11 is 5.75. The van der Waals surface area contributed by atoms with Crippen molar-refractivity contribution in [3.8, 4) is 5.75 Å². The molecule has 1 unspecified atom stereocenters. The molecule has 8 nitrogen and oxygen atoms in total. The number of aliphatic carboxylic acids is 1. The highest BCUT2D eigenvalue weighted by Gasteiger charge is 2.35. The van der Waals surface area contributed by atoms with Crippen LogP contribution in [0.4, 0.5) is 13.2 Å². The van der Waals surface area contributed by atoms with Gasteiger partial charge in [0.1, 0.15) is 5.75 Å². The molecule has 0 aliphatic carbocycles. The van der Waals surface area contributed by atoms with Crippen LogP contribution in [0.25, 0.3) is 0 Å². The van der Waals surface area contributed by atoms with Crippen LogP contribution < -0.4 is 4.74 Å². The predicted molar refractivity (Wildman–Crippen MR) is 94.0 cm³/mol. The summed E-state index contributed by atoms with van der Waals surface area (Å²) in [4.78, 5) is 21.5. The lowest BCUT2D eigenvalue weighted by molar-refractivity contribution is -0.540.